The molecule has 1 heterocycles. The fraction of sp³-hybridized carbons (Fsp3) is 0.273. The summed E-state index contributed by atoms with van der Waals surface area (Å²) in [5.74, 6) is -0.822. The topological polar surface area (TPSA) is 66.8 Å². The van der Waals surface area contributed by atoms with E-state index in [0.29, 0.717) is 28.8 Å². The van der Waals surface area contributed by atoms with Crippen molar-refractivity contribution >= 4 is 33.4 Å². The highest BCUT2D eigenvalue weighted by Crippen LogP contribution is 2.40. The van der Waals surface area contributed by atoms with Crippen molar-refractivity contribution < 1.29 is 19.4 Å². The van der Waals surface area contributed by atoms with E-state index in [4.69, 9.17) is 4.74 Å². The van der Waals surface area contributed by atoms with E-state index in [-0.39, 0.29) is 11.3 Å². The number of hydrogen-bond acceptors (Lipinski definition) is 4. The Kier molecular flexibility index (Phi) is 5.89. The number of nitrogens with zero attached hydrogens (tertiary/aromatic N) is 1. The Morgan fingerprint density at radius 3 is 2.57 bits per heavy atom. The fourth-order valence-electron chi connectivity index (χ4n) is 3.51. The third-order valence-corrected chi connectivity index (χ3v) is 5.41. The number of halogens is 1. The number of carbonyl (C=O) groups is 2. The molecule has 2 aromatic carbocycles. The van der Waals surface area contributed by atoms with Gasteiger partial charge in [-0.25, -0.2) is 0 Å². The van der Waals surface area contributed by atoms with Gasteiger partial charge in [0.2, 0.25) is 0 Å². The minimum Gasteiger partial charge on any atom is -0.507 e. The Bertz CT molecular complexity index is 967. The first-order valence-corrected chi connectivity index (χ1v) is 9.87. The number of Topliss-reactive ketones (excluding diaryl/α,β-unsaturated/α-hetero) is 1. The van der Waals surface area contributed by atoms with Crippen molar-refractivity contribution in [3.05, 3.63) is 69.2 Å². The van der Waals surface area contributed by atoms with Crippen LogP contribution in [0.15, 0.2) is 52.5 Å². The molecule has 1 saturated heterocycles. The summed E-state index contributed by atoms with van der Waals surface area (Å²) in [5.41, 5.74) is 2.38. The number of amides is 1. The zero-order chi connectivity index (χ0) is 20.4. The number of likely N-dealkylation sites (tertiary alicyclic amines) is 1. The van der Waals surface area contributed by atoms with Gasteiger partial charge < -0.3 is 14.7 Å². The van der Waals surface area contributed by atoms with Crippen molar-refractivity contribution in [1.82, 2.24) is 4.90 Å². The monoisotopic (exact) mass is 443 g/mol. The molecule has 0 radical (unpaired) electrons. The van der Waals surface area contributed by atoms with E-state index in [1.807, 2.05) is 38.1 Å². The summed E-state index contributed by atoms with van der Waals surface area (Å²) in [7, 11) is 1.55. The molecule has 5 nitrogen and oxygen atoms in total. The Morgan fingerprint density at radius 1 is 1.21 bits per heavy atom. The van der Waals surface area contributed by atoms with Gasteiger partial charge in [-0.05, 0) is 53.0 Å². The Balaban J connectivity index is 2.19. The van der Waals surface area contributed by atoms with Crippen LogP contribution in [0.1, 0.15) is 36.1 Å². The van der Waals surface area contributed by atoms with Gasteiger partial charge in [0.1, 0.15) is 11.5 Å². The van der Waals surface area contributed by atoms with E-state index in [2.05, 4.69) is 15.9 Å². The first kappa shape index (κ1) is 20.1. The van der Waals surface area contributed by atoms with Gasteiger partial charge in [-0.15, -0.1) is 0 Å². The normalized spacial score (nSPS) is 18.6. The molecule has 1 atom stereocenters. The van der Waals surface area contributed by atoms with E-state index in [1.54, 1.807) is 30.2 Å². The van der Waals surface area contributed by atoms with Crippen molar-refractivity contribution in [3.8, 4) is 5.75 Å². The third kappa shape index (κ3) is 3.56. The number of methoxy groups -OCH3 is 1. The van der Waals surface area contributed by atoms with Crippen LogP contribution < -0.4 is 4.74 Å². The highest BCUT2D eigenvalue weighted by Gasteiger charge is 2.45. The summed E-state index contributed by atoms with van der Waals surface area (Å²) >= 11 is 3.40. The minimum absolute atomic E-state index is 0.112. The number of rotatable bonds is 5. The molecule has 1 aliphatic rings. The van der Waals surface area contributed by atoms with Crippen LogP contribution >= 0.6 is 15.9 Å². The summed E-state index contributed by atoms with van der Waals surface area (Å²) in [4.78, 5) is 27.1. The van der Waals surface area contributed by atoms with Gasteiger partial charge in [-0.1, -0.05) is 36.8 Å². The van der Waals surface area contributed by atoms with Crippen molar-refractivity contribution in [2.75, 3.05) is 13.7 Å². The quantitative estimate of drug-likeness (QED) is 0.416. The van der Waals surface area contributed by atoms with Crippen molar-refractivity contribution in [1.29, 1.82) is 0 Å². The van der Waals surface area contributed by atoms with Crippen molar-refractivity contribution in [2.45, 2.75) is 26.3 Å². The molecule has 2 aromatic rings. The van der Waals surface area contributed by atoms with Crippen molar-refractivity contribution in [2.24, 2.45) is 0 Å². The van der Waals surface area contributed by atoms with Gasteiger partial charge in [0.05, 0.1) is 23.2 Å². The van der Waals surface area contributed by atoms with Crippen LogP contribution in [0.25, 0.3) is 5.76 Å². The lowest BCUT2D eigenvalue weighted by Crippen LogP contribution is -2.30. The van der Waals surface area contributed by atoms with Crippen LogP contribution in [0.5, 0.6) is 5.75 Å². The average Bonchev–Trinajstić information content (AvgIpc) is 2.92. The van der Waals surface area contributed by atoms with Crippen molar-refractivity contribution in [3.63, 3.8) is 0 Å². The molecule has 3 rings (SSSR count). The lowest BCUT2D eigenvalue weighted by molar-refractivity contribution is -0.139. The summed E-state index contributed by atoms with van der Waals surface area (Å²) in [6, 6.07) is 12.1. The molecule has 146 valence electrons. The number of ketones is 1. The van der Waals surface area contributed by atoms with E-state index in [1.165, 1.54) is 0 Å². The number of ether oxygens (including phenoxy) is 1. The molecule has 0 bridgehead atoms. The van der Waals surface area contributed by atoms with Gasteiger partial charge >= 0.3 is 0 Å². The lowest BCUT2D eigenvalue weighted by atomic mass is 9.94. The van der Waals surface area contributed by atoms with Crippen LogP contribution in [-0.2, 0) is 9.59 Å². The first-order chi connectivity index (χ1) is 13.4. The van der Waals surface area contributed by atoms with E-state index < -0.39 is 17.7 Å². The predicted molar refractivity (Wildman–Crippen MR) is 111 cm³/mol. The highest BCUT2D eigenvalue weighted by molar-refractivity contribution is 9.10. The van der Waals surface area contributed by atoms with Gasteiger partial charge in [0.25, 0.3) is 11.7 Å². The molecule has 0 aliphatic carbocycles. The summed E-state index contributed by atoms with van der Waals surface area (Å²) in [6.07, 6.45) is 0.712. The lowest BCUT2D eigenvalue weighted by Gasteiger charge is -2.25. The number of benzene rings is 2. The minimum atomic E-state index is -0.663. The second kappa shape index (κ2) is 8.19. The first-order valence-electron chi connectivity index (χ1n) is 9.08. The molecule has 1 fully saturated rings. The van der Waals surface area contributed by atoms with Crippen LogP contribution in [0.3, 0.4) is 0 Å². The molecule has 1 unspecified atom stereocenters. The van der Waals surface area contributed by atoms with Gasteiger partial charge in [0.15, 0.2) is 0 Å². The predicted octanol–water partition coefficient (Wildman–Crippen LogP) is 4.60. The highest BCUT2D eigenvalue weighted by atomic mass is 79.9. The fourth-order valence-corrected chi connectivity index (χ4v) is 4.05. The van der Waals surface area contributed by atoms with Crippen LogP contribution in [-0.4, -0.2) is 35.4 Å². The second-order valence-corrected chi connectivity index (χ2v) is 7.61. The number of hydrogen-bond donors (Lipinski definition) is 1. The molecular weight excluding hydrogens is 422 g/mol. The Hall–Kier alpha value is -2.60. The smallest absolute Gasteiger partial charge is 0.295 e. The molecule has 1 N–H and O–H groups in total. The number of carbonyl (C=O) groups excluding carboxylic acids is 2. The van der Waals surface area contributed by atoms with Gasteiger partial charge in [-0.3, -0.25) is 9.59 Å². The summed E-state index contributed by atoms with van der Waals surface area (Å²) < 4.78 is 5.87. The van der Waals surface area contributed by atoms with Crippen LogP contribution in [0.4, 0.5) is 0 Å². The standard InChI is InChI=1S/C22H22BrNO4/c1-4-10-24-19(14-7-5-6-13(2)11-14)18(21(26)22(24)27)20(25)15-8-9-17(28-3)16(23)12-15/h5-9,11-12,19,25H,4,10H2,1-3H3/b20-18-. The maximum Gasteiger partial charge on any atom is 0.295 e. The number of aliphatic hydroxyl groups is 1. The summed E-state index contributed by atoms with van der Waals surface area (Å²) in [5, 5.41) is 11.0. The molecule has 6 heteroatoms. The zero-order valence-corrected chi connectivity index (χ0v) is 17.6. The molecule has 1 aliphatic heterocycles. The number of aliphatic hydroxyl groups excluding tert-OH is 1. The van der Waals surface area contributed by atoms with E-state index in [0.717, 1.165) is 11.1 Å². The molecule has 28 heavy (non-hydrogen) atoms. The van der Waals surface area contributed by atoms with Crippen LogP contribution in [0, 0.1) is 6.92 Å². The van der Waals surface area contributed by atoms with E-state index in [9.17, 15) is 14.7 Å². The average molecular weight is 444 g/mol. The maximum atomic E-state index is 12.8. The maximum absolute atomic E-state index is 12.8. The van der Waals surface area contributed by atoms with Crippen LogP contribution in [0.2, 0.25) is 0 Å². The van der Waals surface area contributed by atoms with Gasteiger partial charge in [-0.2, -0.15) is 0 Å². The zero-order valence-electron chi connectivity index (χ0n) is 16.0. The van der Waals surface area contributed by atoms with E-state index >= 15 is 0 Å². The number of aryl methyl sites for hydroxylation is 1. The van der Waals surface area contributed by atoms with Gasteiger partial charge in [0, 0.05) is 12.1 Å². The molecule has 0 aromatic heterocycles. The molecule has 0 saturated carbocycles. The SMILES string of the molecule is CCCN1C(=O)C(=O)/C(=C(\O)c2ccc(OC)c(Br)c2)C1c1cccc(C)c1. The Morgan fingerprint density at radius 2 is 1.96 bits per heavy atom. The summed E-state index contributed by atoms with van der Waals surface area (Å²) in [6.45, 7) is 4.34. The third-order valence-electron chi connectivity index (χ3n) is 4.79. The molecule has 1 amide bonds. The molecule has 0 spiro atoms. The molecular formula is C22H22BrNO4. The second-order valence-electron chi connectivity index (χ2n) is 6.76. The Labute approximate surface area is 172 Å². The largest absolute Gasteiger partial charge is 0.507 e.